The molecule has 6 aromatic rings. The molecule has 0 radical (unpaired) electrons. The fraction of sp³-hybridized carbons (Fsp3) is 0.0870. The fourth-order valence-corrected chi connectivity index (χ4v) is 6.76. The van der Waals surface area contributed by atoms with Crippen molar-refractivity contribution in [2.24, 2.45) is 0 Å². The molecule has 2 aromatic heterocycles. The molecule has 0 N–H and O–H groups in total. The number of fused-ring (bicyclic) bond motifs is 4. The lowest BCUT2D eigenvalue weighted by Gasteiger charge is -2.07. The number of rotatable bonds is 8. The summed E-state index contributed by atoms with van der Waals surface area (Å²) in [5.74, 6) is 0. The van der Waals surface area contributed by atoms with Gasteiger partial charge < -0.3 is 9.13 Å². The maximum Gasteiger partial charge on any atom is 0.0541 e. The van der Waals surface area contributed by atoms with Gasteiger partial charge in [0.1, 0.15) is 0 Å². The number of para-hydroxylation sites is 2. The lowest BCUT2D eigenvalue weighted by Crippen LogP contribution is -2.28. The van der Waals surface area contributed by atoms with E-state index in [-0.39, 0.29) is 0 Å². The molecule has 48 heavy (non-hydrogen) atoms. The van der Waals surface area contributed by atoms with Gasteiger partial charge in [-0.05, 0) is 103 Å². The molecule has 0 atom stereocenters. The number of benzene rings is 4. The van der Waals surface area contributed by atoms with Crippen LogP contribution in [0.1, 0.15) is 37.8 Å². The van der Waals surface area contributed by atoms with Gasteiger partial charge in [-0.3, -0.25) is 0 Å². The Kier molecular flexibility index (Phi) is 8.64. The molecule has 0 amide bonds. The summed E-state index contributed by atoms with van der Waals surface area (Å²) in [7, 11) is 0. The molecule has 2 heterocycles. The Morgan fingerprint density at radius 3 is 2.08 bits per heavy atom. The standard InChI is InChI=1S/C46H40N2/c1-5-7-8-12-19-33(3)35-26-28-46-42(31-35)40(43(6-2)47(46)37-20-13-9-14-21-37)30-34(4)36-27-29-45-41(32-36)39-24-17-11-18-25-44(39)48(45)38-22-15-10-16-23-38/h6-16,18-32H,3-5,17H2,1-2H3/b8-7-,19-12-,40-30-,43-6+. The summed E-state index contributed by atoms with van der Waals surface area (Å²) in [5.41, 5.74) is 8.79. The number of allylic oxidation sites excluding steroid dienone is 8. The summed E-state index contributed by atoms with van der Waals surface area (Å²) in [6, 6.07) is 34.7. The van der Waals surface area contributed by atoms with Gasteiger partial charge in [0.15, 0.2) is 0 Å². The van der Waals surface area contributed by atoms with Gasteiger partial charge in [-0.2, -0.15) is 0 Å². The molecule has 1 aliphatic carbocycles. The van der Waals surface area contributed by atoms with E-state index in [1.807, 2.05) is 0 Å². The number of aromatic nitrogens is 2. The van der Waals surface area contributed by atoms with Gasteiger partial charge in [-0.1, -0.05) is 117 Å². The average Bonchev–Trinajstić information content (AvgIpc) is 3.48. The highest BCUT2D eigenvalue weighted by Gasteiger charge is 2.14. The van der Waals surface area contributed by atoms with E-state index in [1.165, 1.54) is 26.9 Å². The first-order chi connectivity index (χ1) is 23.6. The molecule has 4 aromatic carbocycles. The highest BCUT2D eigenvalue weighted by atomic mass is 15.0. The first-order valence-corrected chi connectivity index (χ1v) is 16.8. The maximum atomic E-state index is 4.65. The molecule has 2 nitrogen and oxygen atoms in total. The molecular formula is C46H40N2. The third-order valence-corrected chi connectivity index (χ3v) is 9.08. The second-order valence-corrected chi connectivity index (χ2v) is 12.1. The van der Waals surface area contributed by atoms with E-state index in [0.717, 1.165) is 62.6 Å². The van der Waals surface area contributed by atoms with E-state index in [4.69, 9.17) is 0 Å². The Labute approximate surface area is 282 Å². The predicted octanol–water partition coefficient (Wildman–Crippen LogP) is 8.93. The monoisotopic (exact) mass is 620 g/mol. The van der Waals surface area contributed by atoms with Gasteiger partial charge in [0.05, 0.1) is 16.4 Å². The van der Waals surface area contributed by atoms with E-state index in [2.05, 4.69) is 194 Å². The van der Waals surface area contributed by atoms with E-state index >= 15 is 0 Å². The average molecular weight is 621 g/mol. The van der Waals surface area contributed by atoms with Crippen molar-refractivity contribution < 1.29 is 0 Å². The molecule has 0 saturated heterocycles. The number of nitrogens with zero attached hydrogens (tertiary/aromatic N) is 2. The van der Waals surface area contributed by atoms with Gasteiger partial charge in [0.25, 0.3) is 0 Å². The van der Waals surface area contributed by atoms with E-state index < -0.39 is 0 Å². The Morgan fingerprint density at radius 2 is 1.40 bits per heavy atom. The van der Waals surface area contributed by atoms with Gasteiger partial charge in [-0.25, -0.2) is 0 Å². The van der Waals surface area contributed by atoms with Crippen LogP contribution in [0.5, 0.6) is 0 Å². The minimum absolute atomic E-state index is 0.904. The second kappa shape index (κ2) is 13.5. The summed E-state index contributed by atoms with van der Waals surface area (Å²) < 4.78 is 4.72. The zero-order chi connectivity index (χ0) is 33.0. The van der Waals surface area contributed by atoms with Gasteiger partial charge in [0, 0.05) is 37.9 Å². The van der Waals surface area contributed by atoms with Crippen molar-refractivity contribution in [3.63, 3.8) is 0 Å². The van der Waals surface area contributed by atoms with Crippen molar-refractivity contribution >= 4 is 57.3 Å². The van der Waals surface area contributed by atoms with Crippen molar-refractivity contribution in [1.29, 1.82) is 0 Å². The van der Waals surface area contributed by atoms with Crippen LogP contribution in [0.25, 0.3) is 68.6 Å². The van der Waals surface area contributed by atoms with E-state index in [0.29, 0.717) is 0 Å². The highest BCUT2D eigenvalue weighted by molar-refractivity contribution is 5.97. The van der Waals surface area contributed by atoms with Crippen LogP contribution in [-0.4, -0.2) is 9.13 Å². The predicted molar refractivity (Wildman–Crippen MR) is 209 cm³/mol. The maximum absolute atomic E-state index is 4.65. The van der Waals surface area contributed by atoms with Crippen molar-refractivity contribution in [2.45, 2.75) is 26.7 Å². The third kappa shape index (κ3) is 5.67. The summed E-state index contributed by atoms with van der Waals surface area (Å²) in [4.78, 5) is 0. The number of hydrogen-bond acceptors (Lipinski definition) is 0. The molecule has 0 aliphatic heterocycles. The fourth-order valence-electron chi connectivity index (χ4n) is 6.76. The Hall–Kier alpha value is -5.86. The van der Waals surface area contributed by atoms with Crippen LogP contribution >= 0.6 is 0 Å². The van der Waals surface area contributed by atoms with Gasteiger partial charge in [-0.15, -0.1) is 0 Å². The van der Waals surface area contributed by atoms with Crippen molar-refractivity contribution in [3.05, 3.63) is 179 Å². The van der Waals surface area contributed by atoms with Crippen molar-refractivity contribution in [1.82, 2.24) is 9.13 Å². The van der Waals surface area contributed by atoms with Crippen LogP contribution in [-0.2, 0) is 0 Å². The topological polar surface area (TPSA) is 9.86 Å². The quantitative estimate of drug-likeness (QED) is 0.150. The van der Waals surface area contributed by atoms with Crippen LogP contribution in [0.4, 0.5) is 0 Å². The lowest BCUT2D eigenvalue weighted by molar-refractivity contribution is 1.07. The molecule has 0 unspecified atom stereocenters. The zero-order valence-electron chi connectivity index (χ0n) is 27.7. The van der Waals surface area contributed by atoms with Crippen LogP contribution < -0.4 is 21.1 Å². The molecule has 0 fully saturated rings. The molecule has 0 spiro atoms. The normalized spacial score (nSPS) is 13.7. The molecule has 234 valence electrons. The zero-order valence-corrected chi connectivity index (χ0v) is 27.7. The molecule has 0 saturated carbocycles. The second-order valence-electron chi connectivity index (χ2n) is 12.1. The third-order valence-electron chi connectivity index (χ3n) is 9.08. The summed E-state index contributed by atoms with van der Waals surface area (Å²) >= 11 is 0. The van der Waals surface area contributed by atoms with Crippen LogP contribution in [0, 0.1) is 0 Å². The molecule has 0 bridgehead atoms. The summed E-state index contributed by atoms with van der Waals surface area (Å²) in [5, 5.41) is 7.16. The summed E-state index contributed by atoms with van der Waals surface area (Å²) in [6.45, 7) is 13.3. The highest BCUT2D eigenvalue weighted by Crippen LogP contribution is 2.24. The number of hydrogen-bond donors (Lipinski definition) is 0. The van der Waals surface area contributed by atoms with Crippen LogP contribution in [0.2, 0.25) is 0 Å². The molecule has 7 rings (SSSR count). The largest absolute Gasteiger partial charge is 0.310 e. The molecule has 2 heteroatoms. The van der Waals surface area contributed by atoms with Gasteiger partial charge >= 0.3 is 0 Å². The Bertz CT molecular complexity index is 2530. The van der Waals surface area contributed by atoms with E-state index in [9.17, 15) is 0 Å². The van der Waals surface area contributed by atoms with Crippen LogP contribution in [0.15, 0.2) is 147 Å². The Balaban J connectivity index is 1.43. The molecular weight excluding hydrogens is 581 g/mol. The first-order valence-electron chi connectivity index (χ1n) is 16.8. The Morgan fingerprint density at radius 1 is 0.750 bits per heavy atom. The SMILES string of the molecule is C=C(/C=c1\c(=C/C)n(-c2ccccc2)c2ccc(C(=C)/C=C\C=C/CC)cc12)c1ccc2c(c1)c1c(n2-c2ccccc2)=CC=CCC=1. The van der Waals surface area contributed by atoms with Gasteiger partial charge in [0.2, 0.25) is 0 Å². The first kappa shape index (κ1) is 30.8. The lowest BCUT2D eigenvalue weighted by atomic mass is 10.0. The van der Waals surface area contributed by atoms with Crippen molar-refractivity contribution in [3.8, 4) is 11.4 Å². The van der Waals surface area contributed by atoms with E-state index in [1.54, 1.807) is 0 Å². The minimum atomic E-state index is 0.904. The van der Waals surface area contributed by atoms with Crippen molar-refractivity contribution in [2.75, 3.05) is 0 Å². The van der Waals surface area contributed by atoms with Crippen LogP contribution in [0.3, 0.4) is 0 Å². The molecule has 1 aliphatic rings. The summed E-state index contributed by atoms with van der Waals surface area (Å²) in [6.07, 6.45) is 23.7. The smallest absolute Gasteiger partial charge is 0.0541 e. The minimum Gasteiger partial charge on any atom is -0.310 e.